The Morgan fingerprint density at radius 3 is 1.75 bits per heavy atom. The maximum atomic E-state index is 12.4. The number of hydrogen-bond acceptors (Lipinski definition) is 3. The first-order valence-electron chi connectivity index (χ1n) is 8.09. The van der Waals surface area contributed by atoms with Crippen LogP contribution in [0, 0.1) is 11.8 Å². The van der Waals surface area contributed by atoms with Gasteiger partial charge in [-0.2, -0.15) is 0 Å². The lowest BCUT2D eigenvalue weighted by molar-refractivity contribution is -0.157. The van der Waals surface area contributed by atoms with Crippen molar-refractivity contribution < 1.29 is 19.4 Å². The molecule has 0 saturated carbocycles. The third-order valence-corrected chi connectivity index (χ3v) is 3.99. The third kappa shape index (κ3) is 4.95. The SMILES string of the molecule is CCOC(=O)[C@H](Cc1ccccc1)[C@H](Cc1ccccc1)C(=O)O. The van der Waals surface area contributed by atoms with Crippen molar-refractivity contribution in [3.63, 3.8) is 0 Å². The number of benzene rings is 2. The maximum absolute atomic E-state index is 12.4. The van der Waals surface area contributed by atoms with Gasteiger partial charge in [0.2, 0.25) is 0 Å². The number of carbonyl (C=O) groups is 2. The van der Waals surface area contributed by atoms with Crippen molar-refractivity contribution in [3.8, 4) is 0 Å². The van der Waals surface area contributed by atoms with E-state index in [4.69, 9.17) is 4.74 Å². The summed E-state index contributed by atoms with van der Waals surface area (Å²) in [4.78, 5) is 24.2. The predicted octanol–water partition coefficient (Wildman–Crippen LogP) is 3.35. The summed E-state index contributed by atoms with van der Waals surface area (Å²) in [7, 11) is 0. The van der Waals surface area contributed by atoms with Gasteiger partial charge in [-0.25, -0.2) is 0 Å². The molecule has 4 nitrogen and oxygen atoms in total. The highest BCUT2D eigenvalue weighted by Gasteiger charge is 2.35. The Hall–Kier alpha value is -2.62. The van der Waals surface area contributed by atoms with E-state index in [1.54, 1.807) is 6.92 Å². The monoisotopic (exact) mass is 326 g/mol. The van der Waals surface area contributed by atoms with Crippen molar-refractivity contribution in [3.05, 3.63) is 71.8 Å². The summed E-state index contributed by atoms with van der Waals surface area (Å²) in [5, 5.41) is 9.69. The molecule has 0 unspecified atom stereocenters. The Balaban J connectivity index is 2.26. The second-order valence-electron chi connectivity index (χ2n) is 5.68. The number of rotatable bonds is 8. The van der Waals surface area contributed by atoms with Crippen LogP contribution in [0.1, 0.15) is 18.1 Å². The second kappa shape index (κ2) is 8.87. The van der Waals surface area contributed by atoms with Crippen molar-refractivity contribution in [1.29, 1.82) is 0 Å². The fraction of sp³-hybridized carbons (Fsp3) is 0.300. The van der Waals surface area contributed by atoms with E-state index < -0.39 is 23.8 Å². The smallest absolute Gasteiger partial charge is 0.310 e. The van der Waals surface area contributed by atoms with Crippen LogP contribution in [-0.4, -0.2) is 23.7 Å². The number of ether oxygens (including phenoxy) is 1. The number of carbonyl (C=O) groups excluding carboxylic acids is 1. The van der Waals surface area contributed by atoms with Gasteiger partial charge in [0.25, 0.3) is 0 Å². The lowest BCUT2D eigenvalue weighted by Crippen LogP contribution is -2.34. The van der Waals surface area contributed by atoms with E-state index in [1.807, 2.05) is 60.7 Å². The summed E-state index contributed by atoms with van der Waals surface area (Å²) in [6.07, 6.45) is 0.649. The van der Waals surface area contributed by atoms with Gasteiger partial charge in [0, 0.05) is 0 Å². The van der Waals surface area contributed by atoms with Gasteiger partial charge in [0.15, 0.2) is 0 Å². The Kier molecular flexibility index (Phi) is 6.55. The second-order valence-corrected chi connectivity index (χ2v) is 5.68. The van der Waals surface area contributed by atoms with Crippen LogP contribution in [0.2, 0.25) is 0 Å². The molecule has 0 fully saturated rings. The molecule has 2 rings (SSSR count). The molecular formula is C20H22O4. The molecule has 0 amide bonds. The van der Waals surface area contributed by atoms with E-state index >= 15 is 0 Å². The van der Waals surface area contributed by atoms with Crippen molar-refractivity contribution in [2.75, 3.05) is 6.61 Å². The fourth-order valence-electron chi connectivity index (χ4n) is 2.78. The quantitative estimate of drug-likeness (QED) is 0.756. The van der Waals surface area contributed by atoms with Gasteiger partial charge in [0.05, 0.1) is 18.4 Å². The highest BCUT2D eigenvalue weighted by molar-refractivity contribution is 5.81. The lowest BCUT2D eigenvalue weighted by Gasteiger charge is -2.22. The first-order valence-corrected chi connectivity index (χ1v) is 8.09. The number of carboxylic acid groups (broad SMARTS) is 1. The van der Waals surface area contributed by atoms with E-state index in [2.05, 4.69) is 0 Å². The first-order chi connectivity index (χ1) is 11.6. The zero-order valence-corrected chi connectivity index (χ0v) is 13.7. The largest absolute Gasteiger partial charge is 0.481 e. The lowest BCUT2D eigenvalue weighted by atomic mass is 9.82. The van der Waals surface area contributed by atoms with E-state index in [9.17, 15) is 14.7 Å². The average Bonchev–Trinajstić information content (AvgIpc) is 2.60. The van der Waals surface area contributed by atoms with Gasteiger partial charge in [-0.05, 0) is 30.9 Å². The predicted molar refractivity (Wildman–Crippen MR) is 91.5 cm³/mol. The zero-order valence-electron chi connectivity index (χ0n) is 13.7. The average molecular weight is 326 g/mol. The van der Waals surface area contributed by atoms with Crippen LogP contribution < -0.4 is 0 Å². The molecule has 0 heterocycles. The van der Waals surface area contributed by atoms with E-state index in [0.29, 0.717) is 12.8 Å². The summed E-state index contributed by atoms with van der Waals surface area (Å²) in [6.45, 7) is 1.96. The van der Waals surface area contributed by atoms with Gasteiger partial charge >= 0.3 is 11.9 Å². The normalized spacial score (nSPS) is 13.0. The zero-order chi connectivity index (χ0) is 17.4. The van der Waals surface area contributed by atoms with Gasteiger partial charge in [-0.15, -0.1) is 0 Å². The van der Waals surface area contributed by atoms with Gasteiger partial charge in [0.1, 0.15) is 0 Å². The molecule has 4 heteroatoms. The molecule has 0 saturated heterocycles. The van der Waals surface area contributed by atoms with Gasteiger partial charge in [-0.1, -0.05) is 60.7 Å². The molecule has 0 spiro atoms. The standard InChI is InChI=1S/C20H22O4/c1-2-24-20(23)18(14-16-11-7-4-8-12-16)17(19(21)22)13-15-9-5-3-6-10-15/h3-12,17-18H,2,13-14H2,1H3,(H,21,22)/t17-,18+/m0/s1. The molecule has 0 aliphatic heterocycles. The van der Waals surface area contributed by atoms with Crippen LogP contribution in [-0.2, 0) is 27.2 Å². The molecule has 2 atom stereocenters. The minimum atomic E-state index is -0.979. The Morgan fingerprint density at radius 1 is 0.875 bits per heavy atom. The van der Waals surface area contributed by atoms with Crippen molar-refractivity contribution >= 4 is 11.9 Å². The fourth-order valence-corrected chi connectivity index (χ4v) is 2.78. The summed E-state index contributed by atoms with van der Waals surface area (Å²) < 4.78 is 5.14. The highest BCUT2D eigenvalue weighted by atomic mass is 16.5. The molecule has 24 heavy (non-hydrogen) atoms. The molecule has 0 aromatic heterocycles. The Labute approximate surface area is 142 Å². The van der Waals surface area contributed by atoms with Crippen LogP contribution in [0.3, 0.4) is 0 Å². The molecule has 1 N–H and O–H groups in total. The maximum Gasteiger partial charge on any atom is 0.310 e. The van der Waals surface area contributed by atoms with Crippen LogP contribution >= 0.6 is 0 Å². The minimum absolute atomic E-state index is 0.238. The summed E-state index contributed by atoms with van der Waals surface area (Å²) in [6, 6.07) is 18.8. The van der Waals surface area contributed by atoms with E-state index in [-0.39, 0.29) is 6.61 Å². The highest BCUT2D eigenvalue weighted by Crippen LogP contribution is 2.24. The van der Waals surface area contributed by atoms with Crippen molar-refractivity contribution in [2.24, 2.45) is 11.8 Å². The van der Waals surface area contributed by atoms with E-state index in [0.717, 1.165) is 11.1 Å². The summed E-state index contributed by atoms with van der Waals surface area (Å²) in [5.41, 5.74) is 1.82. The molecule has 0 radical (unpaired) electrons. The third-order valence-electron chi connectivity index (χ3n) is 3.99. The van der Waals surface area contributed by atoms with Crippen LogP contribution in [0.25, 0.3) is 0 Å². The molecule has 0 aliphatic carbocycles. The summed E-state index contributed by atoms with van der Waals surface area (Å²) in [5.74, 6) is -2.98. The Morgan fingerprint density at radius 2 is 1.33 bits per heavy atom. The van der Waals surface area contributed by atoms with Gasteiger partial charge in [-0.3, -0.25) is 9.59 Å². The van der Waals surface area contributed by atoms with Crippen LogP contribution in [0.15, 0.2) is 60.7 Å². The Bertz CT molecular complexity index is 652. The van der Waals surface area contributed by atoms with Gasteiger partial charge < -0.3 is 9.84 Å². The minimum Gasteiger partial charge on any atom is -0.481 e. The molecule has 0 aliphatic rings. The topological polar surface area (TPSA) is 63.6 Å². The molecule has 2 aromatic rings. The summed E-state index contributed by atoms with van der Waals surface area (Å²) >= 11 is 0. The molecule has 0 bridgehead atoms. The van der Waals surface area contributed by atoms with Crippen LogP contribution in [0.4, 0.5) is 0 Å². The number of hydrogen-bond donors (Lipinski definition) is 1. The van der Waals surface area contributed by atoms with Crippen LogP contribution in [0.5, 0.6) is 0 Å². The van der Waals surface area contributed by atoms with Crippen molar-refractivity contribution in [1.82, 2.24) is 0 Å². The number of aliphatic carboxylic acids is 1. The number of esters is 1. The van der Waals surface area contributed by atoms with E-state index in [1.165, 1.54) is 0 Å². The van der Waals surface area contributed by atoms with Crippen molar-refractivity contribution in [2.45, 2.75) is 19.8 Å². The molecular weight excluding hydrogens is 304 g/mol. The first kappa shape index (κ1) is 17.7. The molecule has 126 valence electrons. The molecule has 2 aromatic carbocycles. The number of carboxylic acids is 1.